The van der Waals surface area contributed by atoms with Crippen LogP contribution in [0.2, 0.25) is 5.02 Å². The third kappa shape index (κ3) is 1.71. The molecule has 0 atom stereocenters. The van der Waals surface area contributed by atoms with Crippen LogP contribution in [0.15, 0.2) is 17.0 Å². The molecule has 0 aliphatic carbocycles. The first-order chi connectivity index (χ1) is 5.16. The van der Waals surface area contributed by atoms with Crippen LogP contribution in [-0.2, 0) is 0 Å². The number of halogens is 1. The van der Waals surface area contributed by atoms with Crippen LogP contribution in [0.3, 0.4) is 0 Å². The lowest BCUT2D eigenvalue weighted by atomic mass is 10.1. The topological polar surface area (TPSA) is 0 Å². The van der Waals surface area contributed by atoms with Gasteiger partial charge in [-0.15, -0.1) is 11.8 Å². The molecule has 0 aliphatic heterocycles. The van der Waals surface area contributed by atoms with Crippen molar-refractivity contribution in [1.82, 2.24) is 0 Å². The van der Waals surface area contributed by atoms with E-state index >= 15 is 0 Å². The molecule has 0 aliphatic rings. The summed E-state index contributed by atoms with van der Waals surface area (Å²) in [6, 6.07) is 4.01. The zero-order valence-electron chi connectivity index (χ0n) is 6.94. The van der Waals surface area contributed by atoms with Gasteiger partial charge < -0.3 is 0 Å². The molecular formula is C9H11ClS. The quantitative estimate of drug-likeness (QED) is 0.603. The van der Waals surface area contributed by atoms with Crippen molar-refractivity contribution in [3.63, 3.8) is 0 Å². The average molecular weight is 187 g/mol. The van der Waals surface area contributed by atoms with Gasteiger partial charge in [-0.05, 0) is 37.3 Å². The summed E-state index contributed by atoms with van der Waals surface area (Å²) in [5, 5.41) is 0.861. The molecule has 0 nitrogen and oxygen atoms in total. The van der Waals surface area contributed by atoms with Crippen LogP contribution in [0, 0.1) is 13.8 Å². The highest BCUT2D eigenvalue weighted by Gasteiger charge is 2.03. The Bertz CT molecular complexity index is 269. The largest absolute Gasteiger partial charge is 0.129 e. The molecule has 2 heteroatoms. The second kappa shape index (κ2) is 3.51. The number of thioether (sulfide) groups is 1. The van der Waals surface area contributed by atoms with Gasteiger partial charge in [0.15, 0.2) is 0 Å². The van der Waals surface area contributed by atoms with Gasteiger partial charge in [0.1, 0.15) is 0 Å². The fraction of sp³-hybridized carbons (Fsp3) is 0.333. The molecular weight excluding hydrogens is 176 g/mol. The third-order valence-corrected chi connectivity index (χ3v) is 3.19. The van der Waals surface area contributed by atoms with Gasteiger partial charge in [-0.2, -0.15) is 0 Å². The van der Waals surface area contributed by atoms with E-state index in [0.717, 1.165) is 5.02 Å². The lowest BCUT2D eigenvalue weighted by molar-refractivity contribution is 1.22. The summed E-state index contributed by atoms with van der Waals surface area (Å²) in [7, 11) is 0. The van der Waals surface area contributed by atoms with E-state index in [2.05, 4.69) is 26.2 Å². The first-order valence-corrected chi connectivity index (χ1v) is 5.06. The lowest BCUT2D eigenvalue weighted by Gasteiger charge is -2.07. The fourth-order valence-corrected chi connectivity index (χ4v) is 2.14. The van der Waals surface area contributed by atoms with E-state index in [1.54, 1.807) is 11.8 Å². The first kappa shape index (κ1) is 8.95. The minimum atomic E-state index is 0.861. The minimum absolute atomic E-state index is 0.861. The summed E-state index contributed by atoms with van der Waals surface area (Å²) < 4.78 is 0. The highest BCUT2D eigenvalue weighted by atomic mass is 35.5. The van der Waals surface area contributed by atoms with Crippen LogP contribution in [0.1, 0.15) is 11.1 Å². The Labute approximate surface area is 77.0 Å². The van der Waals surface area contributed by atoms with E-state index in [9.17, 15) is 0 Å². The molecule has 0 fully saturated rings. The SMILES string of the molecule is CSc1c(C)ccc(Cl)c1C. The second-order valence-electron chi connectivity index (χ2n) is 2.52. The molecule has 1 aromatic carbocycles. The predicted molar refractivity (Wildman–Crippen MR) is 52.7 cm³/mol. The van der Waals surface area contributed by atoms with Crippen LogP contribution in [-0.4, -0.2) is 6.26 Å². The predicted octanol–water partition coefficient (Wildman–Crippen LogP) is 3.68. The molecule has 1 aromatic rings. The molecule has 0 unspecified atom stereocenters. The van der Waals surface area contributed by atoms with Crippen LogP contribution in [0.4, 0.5) is 0 Å². The van der Waals surface area contributed by atoms with E-state index in [1.165, 1.54) is 16.0 Å². The van der Waals surface area contributed by atoms with Gasteiger partial charge in [-0.3, -0.25) is 0 Å². The summed E-state index contributed by atoms with van der Waals surface area (Å²) in [5.41, 5.74) is 2.50. The summed E-state index contributed by atoms with van der Waals surface area (Å²) in [6.07, 6.45) is 2.08. The fourth-order valence-electron chi connectivity index (χ4n) is 1.12. The summed E-state index contributed by atoms with van der Waals surface area (Å²) in [4.78, 5) is 1.30. The average Bonchev–Trinajstić information content (AvgIpc) is 1.99. The van der Waals surface area contributed by atoms with Crippen molar-refractivity contribution in [2.75, 3.05) is 6.26 Å². The van der Waals surface area contributed by atoms with Crippen molar-refractivity contribution in [2.24, 2.45) is 0 Å². The van der Waals surface area contributed by atoms with Gasteiger partial charge in [0.25, 0.3) is 0 Å². The Balaban J connectivity index is 3.29. The molecule has 0 heterocycles. The Morgan fingerprint density at radius 2 is 1.91 bits per heavy atom. The van der Waals surface area contributed by atoms with Crippen molar-refractivity contribution in [3.05, 3.63) is 28.3 Å². The molecule has 11 heavy (non-hydrogen) atoms. The number of hydrogen-bond acceptors (Lipinski definition) is 1. The standard InChI is InChI=1S/C9H11ClS/c1-6-4-5-8(10)7(2)9(6)11-3/h4-5H,1-3H3. The number of benzene rings is 1. The Morgan fingerprint density at radius 3 is 2.36 bits per heavy atom. The summed E-state index contributed by atoms with van der Waals surface area (Å²) >= 11 is 7.70. The Hall–Kier alpha value is -0.140. The molecule has 0 spiro atoms. The van der Waals surface area contributed by atoms with E-state index in [-0.39, 0.29) is 0 Å². The molecule has 0 bridgehead atoms. The van der Waals surface area contributed by atoms with Gasteiger partial charge in [-0.25, -0.2) is 0 Å². The number of hydrogen-bond donors (Lipinski definition) is 0. The monoisotopic (exact) mass is 186 g/mol. The molecule has 0 saturated heterocycles. The van der Waals surface area contributed by atoms with Crippen LogP contribution >= 0.6 is 23.4 Å². The maximum Gasteiger partial charge on any atom is 0.0446 e. The highest BCUT2D eigenvalue weighted by Crippen LogP contribution is 2.29. The molecule has 0 N–H and O–H groups in total. The lowest BCUT2D eigenvalue weighted by Crippen LogP contribution is -1.84. The Kier molecular flexibility index (Phi) is 2.85. The first-order valence-electron chi connectivity index (χ1n) is 3.46. The van der Waals surface area contributed by atoms with Gasteiger partial charge in [0.2, 0.25) is 0 Å². The maximum absolute atomic E-state index is 5.95. The van der Waals surface area contributed by atoms with Crippen molar-refractivity contribution >= 4 is 23.4 Å². The molecule has 60 valence electrons. The normalized spacial score (nSPS) is 10.2. The number of rotatable bonds is 1. The molecule has 0 radical (unpaired) electrons. The van der Waals surface area contributed by atoms with E-state index in [4.69, 9.17) is 11.6 Å². The molecule has 0 saturated carbocycles. The number of aryl methyl sites for hydroxylation is 1. The zero-order chi connectivity index (χ0) is 8.43. The summed E-state index contributed by atoms with van der Waals surface area (Å²) in [6.45, 7) is 4.16. The van der Waals surface area contributed by atoms with Crippen molar-refractivity contribution in [2.45, 2.75) is 18.7 Å². The summed E-state index contributed by atoms with van der Waals surface area (Å²) in [5.74, 6) is 0. The minimum Gasteiger partial charge on any atom is -0.129 e. The van der Waals surface area contributed by atoms with Crippen molar-refractivity contribution in [3.8, 4) is 0 Å². The zero-order valence-corrected chi connectivity index (χ0v) is 8.51. The molecule has 0 amide bonds. The third-order valence-electron chi connectivity index (χ3n) is 1.74. The van der Waals surface area contributed by atoms with Crippen LogP contribution < -0.4 is 0 Å². The highest BCUT2D eigenvalue weighted by molar-refractivity contribution is 7.98. The van der Waals surface area contributed by atoms with Gasteiger partial charge in [0, 0.05) is 9.92 Å². The van der Waals surface area contributed by atoms with Gasteiger partial charge in [0.05, 0.1) is 0 Å². The van der Waals surface area contributed by atoms with E-state index in [0.29, 0.717) is 0 Å². The van der Waals surface area contributed by atoms with Gasteiger partial charge in [-0.1, -0.05) is 17.7 Å². The second-order valence-corrected chi connectivity index (χ2v) is 3.75. The van der Waals surface area contributed by atoms with E-state index < -0.39 is 0 Å². The maximum atomic E-state index is 5.95. The van der Waals surface area contributed by atoms with Crippen LogP contribution in [0.25, 0.3) is 0 Å². The van der Waals surface area contributed by atoms with E-state index in [1.807, 2.05) is 6.07 Å². The van der Waals surface area contributed by atoms with Crippen LogP contribution in [0.5, 0.6) is 0 Å². The molecule has 1 rings (SSSR count). The van der Waals surface area contributed by atoms with Crippen molar-refractivity contribution < 1.29 is 0 Å². The molecule has 0 aromatic heterocycles. The van der Waals surface area contributed by atoms with Gasteiger partial charge >= 0.3 is 0 Å². The van der Waals surface area contributed by atoms with Crippen molar-refractivity contribution in [1.29, 1.82) is 0 Å². The Morgan fingerprint density at radius 1 is 1.27 bits per heavy atom. The smallest absolute Gasteiger partial charge is 0.0446 e.